The predicted molar refractivity (Wildman–Crippen MR) is 115 cm³/mol. The molecule has 0 unspecified atom stereocenters. The van der Waals surface area contributed by atoms with E-state index in [0.717, 1.165) is 11.4 Å². The van der Waals surface area contributed by atoms with Crippen LogP contribution in [0.1, 0.15) is 32.4 Å². The number of carbonyl (C=O) groups excluding carboxylic acids is 1. The third-order valence-corrected chi connectivity index (χ3v) is 5.10. The summed E-state index contributed by atoms with van der Waals surface area (Å²) in [5.41, 5.74) is 1.60. The number of nitrogens with one attached hydrogen (secondary N) is 1. The Labute approximate surface area is 183 Å². The number of thioether (sulfide) groups is 1. The Kier molecular flexibility index (Phi) is 5.85. The van der Waals surface area contributed by atoms with E-state index in [1.807, 2.05) is 36.4 Å². The van der Waals surface area contributed by atoms with Gasteiger partial charge in [-0.3, -0.25) is 4.79 Å². The van der Waals surface area contributed by atoms with Crippen molar-refractivity contribution in [3.8, 4) is 5.69 Å². The Hall–Kier alpha value is -3.47. The van der Waals surface area contributed by atoms with Crippen molar-refractivity contribution in [3.63, 3.8) is 0 Å². The van der Waals surface area contributed by atoms with Crippen molar-refractivity contribution in [3.05, 3.63) is 60.6 Å². The molecule has 11 heteroatoms. The van der Waals surface area contributed by atoms with Crippen LogP contribution < -0.4 is 5.32 Å². The van der Waals surface area contributed by atoms with Crippen LogP contribution in [0.5, 0.6) is 0 Å². The zero-order valence-electron chi connectivity index (χ0n) is 17.4. The molecule has 0 spiro atoms. The second-order valence-electron chi connectivity index (χ2n) is 7.80. The molecule has 0 saturated heterocycles. The lowest BCUT2D eigenvalue weighted by molar-refractivity contribution is -0.113. The Balaban J connectivity index is 1.42. The van der Waals surface area contributed by atoms with Gasteiger partial charge in [-0.1, -0.05) is 50.7 Å². The lowest BCUT2D eigenvalue weighted by atomic mass is 9.92. The van der Waals surface area contributed by atoms with Crippen LogP contribution in [-0.2, 0) is 16.8 Å². The van der Waals surface area contributed by atoms with Gasteiger partial charge in [-0.2, -0.15) is 10.2 Å². The third-order valence-electron chi connectivity index (χ3n) is 4.28. The van der Waals surface area contributed by atoms with Crippen molar-refractivity contribution in [2.75, 3.05) is 11.1 Å². The standard InChI is InChI=1S/C20H22N8O2S/c1-20(2,3)15-9-16(28(26-15)14-7-5-4-6-8-14)23-17(29)11-31-19-25-24-18(30-19)10-27-13-21-12-22-27/h4-9,12-13H,10-11H2,1-3H3,(H,23,29). The smallest absolute Gasteiger partial charge is 0.277 e. The van der Waals surface area contributed by atoms with Crippen LogP contribution in [0, 0.1) is 0 Å². The molecule has 0 atom stereocenters. The maximum absolute atomic E-state index is 12.6. The van der Waals surface area contributed by atoms with E-state index in [2.05, 4.69) is 46.4 Å². The maximum Gasteiger partial charge on any atom is 0.277 e. The number of hydrogen-bond donors (Lipinski definition) is 1. The average Bonchev–Trinajstić information content (AvgIpc) is 3.48. The minimum Gasteiger partial charge on any atom is -0.414 e. The summed E-state index contributed by atoms with van der Waals surface area (Å²) < 4.78 is 8.87. The van der Waals surface area contributed by atoms with Gasteiger partial charge in [0.25, 0.3) is 5.22 Å². The molecule has 3 aromatic heterocycles. The maximum atomic E-state index is 12.6. The molecule has 1 aromatic carbocycles. The molecule has 0 aliphatic carbocycles. The summed E-state index contributed by atoms with van der Waals surface area (Å²) in [5.74, 6) is 0.929. The van der Waals surface area contributed by atoms with Gasteiger partial charge in [0.2, 0.25) is 11.8 Å². The van der Waals surface area contributed by atoms with Gasteiger partial charge in [0.15, 0.2) is 0 Å². The number of aromatic nitrogens is 7. The molecule has 1 N–H and O–H groups in total. The largest absolute Gasteiger partial charge is 0.414 e. The molecular weight excluding hydrogens is 416 g/mol. The molecular formula is C20H22N8O2S. The number of nitrogens with zero attached hydrogens (tertiary/aromatic N) is 7. The molecule has 1 amide bonds. The van der Waals surface area contributed by atoms with Gasteiger partial charge in [0, 0.05) is 11.5 Å². The second-order valence-corrected chi connectivity index (χ2v) is 8.73. The first-order valence-corrected chi connectivity index (χ1v) is 10.6. The van der Waals surface area contributed by atoms with Crippen LogP contribution in [0.25, 0.3) is 5.69 Å². The van der Waals surface area contributed by atoms with Crippen molar-refractivity contribution >= 4 is 23.5 Å². The molecule has 10 nitrogen and oxygen atoms in total. The molecule has 0 bridgehead atoms. The zero-order valence-corrected chi connectivity index (χ0v) is 18.2. The normalized spacial score (nSPS) is 11.6. The van der Waals surface area contributed by atoms with Crippen LogP contribution in [-0.4, -0.2) is 46.4 Å². The van der Waals surface area contributed by atoms with E-state index in [9.17, 15) is 4.79 Å². The van der Waals surface area contributed by atoms with Crippen molar-refractivity contribution in [1.29, 1.82) is 0 Å². The molecule has 160 valence electrons. The Morgan fingerprint density at radius 3 is 2.71 bits per heavy atom. The summed E-state index contributed by atoms with van der Waals surface area (Å²) >= 11 is 1.17. The number of hydrogen-bond acceptors (Lipinski definition) is 8. The Bertz CT molecular complexity index is 1150. The molecule has 31 heavy (non-hydrogen) atoms. The summed E-state index contributed by atoms with van der Waals surface area (Å²) in [4.78, 5) is 16.5. The summed E-state index contributed by atoms with van der Waals surface area (Å²) in [7, 11) is 0. The van der Waals surface area contributed by atoms with Crippen LogP contribution >= 0.6 is 11.8 Å². The minimum absolute atomic E-state index is 0.121. The molecule has 4 aromatic rings. The average molecular weight is 439 g/mol. The van der Waals surface area contributed by atoms with Gasteiger partial charge in [0.1, 0.15) is 25.0 Å². The van der Waals surface area contributed by atoms with E-state index in [1.165, 1.54) is 18.1 Å². The third kappa shape index (κ3) is 5.18. The van der Waals surface area contributed by atoms with Crippen LogP contribution in [0.4, 0.5) is 5.82 Å². The van der Waals surface area contributed by atoms with Crippen LogP contribution in [0.3, 0.4) is 0 Å². The highest BCUT2D eigenvalue weighted by molar-refractivity contribution is 7.99. The number of anilines is 1. The first-order valence-electron chi connectivity index (χ1n) is 9.62. The van der Waals surface area contributed by atoms with Crippen LogP contribution in [0.15, 0.2) is 58.7 Å². The van der Waals surface area contributed by atoms with E-state index >= 15 is 0 Å². The molecule has 0 fully saturated rings. The first-order chi connectivity index (χ1) is 14.9. The van der Waals surface area contributed by atoms with Gasteiger partial charge < -0.3 is 9.73 Å². The van der Waals surface area contributed by atoms with Gasteiger partial charge >= 0.3 is 0 Å². The highest BCUT2D eigenvalue weighted by atomic mass is 32.2. The topological polar surface area (TPSA) is 117 Å². The van der Waals surface area contributed by atoms with E-state index in [1.54, 1.807) is 15.7 Å². The summed E-state index contributed by atoms with van der Waals surface area (Å²) in [5, 5.41) is 19.9. The summed E-state index contributed by atoms with van der Waals surface area (Å²) in [6, 6.07) is 11.6. The summed E-state index contributed by atoms with van der Waals surface area (Å²) in [6.45, 7) is 6.57. The SMILES string of the molecule is CC(C)(C)c1cc(NC(=O)CSc2nnc(Cn3cncn3)o2)n(-c2ccccc2)n1. The van der Waals surface area contributed by atoms with E-state index < -0.39 is 0 Å². The van der Waals surface area contributed by atoms with E-state index in [4.69, 9.17) is 9.52 Å². The fraction of sp³-hybridized carbons (Fsp3) is 0.300. The zero-order chi connectivity index (χ0) is 21.8. The van der Waals surface area contributed by atoms with Gasteiger partial charge in [-0.15, -0.1) is 10.2 Å². The molecule has 0 aliphatic heterocycles. The Morgan fingerprint density at radius 2 is 2.00 bits per heavy atom. The number of benzene rings is 1. The molecule has 0 radical (unpaired) electrons. The van der Waals surface area contributed by atoms with Crippen molar-refractivity contribution in [2.24, 2.45) is 0 Å². The van der Waals surface area contributed by atoms with E-state index in [0.29, 0.717) is 23.5 Å². The molecule has 4 rings (SSSR count). The highest BCUT2D eigenvalue weighted by Gasteiger charge is 2.21. The molecule has 3 heterocycles. The Morgan fingerprint density at radius 1 is 1.19 bits per heavy atom. The fourth-order valence-electron chi connectivity index (χ4n) is 2.72. The number of carbonyl (C=O) groups is 1. The van der Waals surface area contributed by atoms with Gasteiger partial charge in [-0.25, -0.2) is 14.3 Å². The van der Waals surface area contributed by atoms with Crippen molar-refractivity contribution in [1.82, 2.24) is 34.7 Å². The number of para-hydroxylation sites is 1. The van der Waals surface area contributed by atoms with Gasteiger partial charge in [0.05, 0.1) is 17.1 Å². The van der Waals surface area contributed by atoms with Gasteiger partial charge in [-0.05, 0) is 12.1 Å². The second kappa shape index (κ2) is 8.72. The van der Waals surface area contributed by atoms with Crippen LogP contribution in [0.2, 0.25) is 0 Å². The number of amides is 1. The first kappa shape index (κ1) is 20.8. The monoisotopic (exact) mass is 438 g/mol. The minimum atomic E-state index is -0.196. The van der Waals surface area contributed by atoms with Crippen molar-refractivity contribution < 1.29 is 9.21 Å². The predicted octanol–water partition coefficient (Wildman–Crippen LogP) is 2.92. The summed E-state index contributed by atoms with van der Waals surface area (Å²) in [6.07, 6.45) is 2.99. The lowest BCUT2D eigenvalue weighted by Gasteiger charge is -2.14. The van der Waals surface area contributed by atoms with Crippen molar-refractivity contribution in [2.45, 2.75) is 38.0 Å². The van der Waals surface area contributed by atoms with E-state index in [-0.39, 0.29) is 17.1 Å². The fourth-order valence-corrected chi connectivity index (χ4v) is 3.30. The molecule has 0 aliphatic rings. The molecule has 0 saturated carbocycles. The lowest BCUT2D eigenvalue weighted by Crippen LogP contribution is -2.17. The quantitative estimate of drug-likeness (QED) is 0.438. The number of rotatable bonds is 7. The highest BCUT2D eigenvalue weighted by Crippen LogP contribution is 2.26.